The van der Waals surface area contributed by atoms with Crippen LogP contribution in [0.4, 0.5) is 0 Å². The minimum Gasteiger partial charge on any atom is -0.373 e. The summed E-state index contributed by atoms with van der Waals surface area (Å²) in [5.41, 5.74) is 1.22. The van der Waals surface area contributed by atoms with Crippen molar-refractivity contribution in [3.63, 3.8) is 0 Å². The summed E-state index contributed by atoms with van der Waals surface area (Å²) in [6, 6.07) is 54.5. The Morgan fingerprint density at radius 2 is 0.703 bits per heavy atom. The maximum absolute atomic E-state index is 6.81. The third-order valence-electron chi connectivity index (χ3n) is 6.37. The van der Waals surface area contributed by atoms with E-state index in [1.54, 1.807) is 0 Å². The third-order valence-corrected chi connectivity index (χ3v) is 11.6. The van der Waals surface area contributed by atoms with Crippen molar-refractivity contribution < 1.29 is 4.74 Å². The Balaban J connectivity index is 1.48. The lowest BCUT2D eigenvalue weighted by Crippen LogP contribution is -2.29. The summed E-state index contributed by atoms with van der Waals surface area (Å²) in [7, 11) is -1.11. The minimum absolute atomic E-state index is 0.123. The van der Waals surface area contributed by atoms with Gasteiger partial charge >= 0.3 is 0 Å². The van der Waals surface area contributed by atoms with E-state index in [-0.39, 0.29) is 6.10 Å². The molecule has 0 spiro atoms. The van der Waals surface area contributed by atoms with E-state index in [0.29, 0.717) is 6.61 Å². The molecule has 184 valence electrons. The van der Waals surface area contributed by atoms with Crippen LogP contribution in [-0.2, 0) is 11.3 Å². The van der Waals surface area contributed by atoms with Gasteiger partial charge in [-0.15, -0.1) is 0 Å². The molecule has 0 saturated heterocycles. The van der Waals surface area contributed by atoms with E-state index in [9.17, 15) is 0 Å². The number of ether oxygens (including phenoxy) is 1. The lowest BCUT2D eigenvalue weighted by Gasteiger charge is -2.29. The Labute approximate surface area is 223 Å². The van der Waals surface area contributed by atoms with Crippen molar-refractivity contribution in [3.05, 3.63) is 157 Å². The molecule has 5 aromatic carbocycles. The zero-order chi connectivity index (χ0) is 25.1. The van der Waals surface area contributed by atoms with E-state index in [4.69, 9.17) is 4.74 Å². The van der Waals surface area contributed by atoms with Crippen molar-refractivity contribution in [1.29, 1.82) is 0 Å². The molecule has 0 saturated carbocycles. The van der Waals surface area contributed by atoms with Crippen molar-refractivity contribution in [2.24, 2.45) is 0 Å². The first-order chi connectivity index (χ1) is 18.4. The van der Waals surface area contributed by atoms with Crippen molar-refractivity contribution in [1.82, 2.24) is 0 Å². The van der Waals surface area contributed by atoms with Gasteiger partial charge < -0.3 is 4.74 Å². The van der Waals surface area contributed by atoms with Crippen molar-refractivity contribution in [2.75, 3.05) is 12.3 Å². The molecule has 0 bridgehead atoms. The summed E-state index contributed by atoms with van der Waals surface area (Å²) >= 11 is 0. The first-order valence-electron chi connectivity index (χ1n) is 12.8. The quantitative estimate of drug-likeness (QED) is 0.174. The van der Waals surface area contributed by atoms with Crippen LogP contribution in [0.3, 0.4) is 0 Å². The van der Waals surface area contributed by atoms with Crippen LogP contribution in [-0.4, -0.2) is 18.4 Å². The van der Waals surface area contributed by atoms with Gasteiger partial charge in [0, 0.05) is 12.3 Å². The Bertz CT molecular complexity index is 1150. The highest BCUT2D eigenvalue weighted by molar-refractivity contribution is 7.74. The SMILES string of the molecule is c1ccc(COC(CP(c2ccccc2)c2ccccc2)CP(c2ccccc2)c2ccccc2)cc1. The monoisotopic (exact) mass is 518 g/mol. The Morgan fingerprint density at radius 3 is 1.03 bits per heavy atom. The summed E-state index contributed by atoms with van der Waals surface area (Å²) in [5, 5.41) is 5.61. The molecule has 37 heavy (non-hydrogen) atoms. The zero-order valence-electron chi connectivity index (χ0n) is 20.9. The molecule has 0 amide bonds. The van der Waals surface area contributed by atoms with E-state index < -0.39 is 15.8 Å². The summed E-state index contributed by atoms with van der Waals surface area (Å²) in [6.07, 6.45) is 2.11. The minimum atomic E-state index is -0.554. The topological polar surface area (TPSA) is 9.23 Å². The highest BCUT2D eigenvalue weighted by atomic mass is 31.1. The molecule has 0 radical (unpaired) electrons. The van der Waals surface area contributed by atoms with Crippen LogP contribution >= 0.6 is 15.8 Å². The van der Waals surface area contributed by atoms with Gasteiger partial charge in [-0.2, -0.15) is 0 Å². The van der Waals surface area contributed by atoms with Crippen LogP contribution in [0.25, 0.3) is 0 Å². The molecule has 0 fully saturated rings. The Hall–Kier alpha value is -3.08. The molecule has 0 unspecified atom stereocenters. The maximum atomic E-state index is 6.81. The van der Waals surface area contributed by atoms with Crippen molar-refractivity contribution >= 4 is 37.1 Å². The first kappa shape index (κ1) is 25.6. The van der Waals surface area contributed by atoms with Gasteiger partial charge in [-0.3, -0.25) is 0 Å². The molecule has 0 atom stereocenters. The van der Waals surface area contributed by atoms with Crippen LogP contribution in [0.1, 0.15) is 5.56 Å². The van der Waals surface area contributed by atoms with E-state index in [0.717, 1.165) is 12.3 Å². The molecular formula is C34H32OP2. The molecule has 0 aliphatic rings. The van der Waals surface area contributed by atoms with E-state index in [2.05, 4.69) is 152 Å². The molecule has 0 heterocycles. The van der Waals surface area contributed by atoms with Crippen LogP contribution < -0.4 is 21.2 Å². The Morgan fingerprint density at radius 1 is 0.405 bits per heavy atom. The van der Waals surface area contributed by atoms with E-state index in [1.807, 2.05) is 0 Å². The van der Waals surface area contributed by atoms with E-state index in [1.165, 1.54) is 26.8 Å². The molecule has 0 aliphatic carbocycles. The number of hydrogen-bond acceptors (Lipinski definition) is 1. The highest BCUT2D eigenvalue weighted by Crippen LogP contribution is 2.40. The largest absolute Gasteiger partial charge is 0.373 e. The second-order valence-corrected chi connectivity index (χ2v) is 13.5. The fourth-order valence-electron chi connectivity index (χ4n) is 4.51. The van der Waals surface area contributed by atoms with E-state index >= 15 is 0 Å². The standard InChI is InChI=1S/C34H32OP2/c1-6-16-29(17-7-1)26-35-30(27-36(31-18-8-2-9-19-31)32-20-10-3-11-21-32)28-37(33-22-12-4-13-23-33)34-24-14-5-15-25-34/h1-25,30H,26-28H2. The predicted octanol–water partition coefficient (Wildman–Crippen LogP) is 6.84. The summed E-state index contributed by atoms with van der Waals surface area (Å²) in [6.45, 7) is 0.630. The molecular weight excluding hydrogens is 486 g/mol. The molecule has 1 nitrogen and oxygen atoms in total. The van der Waals surface area contributed by atoms with Gasteiger partial charge in [-0.05, 0) is 42.6 Å². The van der Waals surface area contributed by atoms with Gasteiger partial charge in [-0.1, -0.05) is 152 Å². The first-order valence-corrected chi connectivity index (χ1v) is 15.8. The Kier molecular flexibility index (Phi) is 9.30. The fraction of sp³-hybridized carbons (Fsp3) is 0.118. The maximum Gasteiger partial charge on any atom is 0.0721 e. The predicted molar refractivity (Wildman–Crippen MR) is 163 cm³/mol. The normalized spacial score (nSPS) is 11.3. The molecule has 5 aromatic rings. The smallest absolute Gasteiger partial charge is 0.0721 e. The average molecular weight is 519 g/mol. The van der Waals surface area contributed by atoms with Crippen molar-refractivity contribution in [3.8, 4) is 0 Å². The second-order valence-electron chi connectivity index (χ2n) is 8.98. The number of benzene rings is 5. The molecule has 0 aliphatic heterocycles. The zero-order valence-corrected chi connectivity index (χ0v) is 22.7. The summed E-state index contributed by atoms with van der Waals surface area (Å²) < 4.78 is 6.81. The summed E-state index contributed by atoms with van der Waals surface area (Å²) in [4.78, 5) is 0. The van der Waals surface area contributed by atoms with Crippen LogP contribution in [0.2, 0.25) is 0 Å². The van der Waals surface area contributed by atoms with Gasteiger partial charge in [0.25, 0.3) is 0 Å². The highest BCUT2D eigenvalue weighted by Gasteiger charge is 2.25. The van der Waals surface area contributed by atoms with Gasteiger partial charge in [0.1, 0.15) is 0 Å². The van der Waals surface area contributed by atoms with Gasteiger partial charge in [0.05, 0.1) is 12.7 Å². The average Bonchev–Trinajstić information content (AvgIpc) is 2.99. The lowest BCUT2D eigenvalue weighted by molar-refractivity contribution is 0.0709. The van der Waals surface area contributed by atoms with Crippen LogP contribution in [0.5, 0.6) is 0 Å². The lowest BCUT2D eigenvalue weighted by atomic mass is 10.2. The number of hydrogen-bond donors (Lipinski definition) is 0. The molecule has 0 aromatic heterocycles. The molecule has 3 heteroatoms. The van der Waals surface area contributed by atoms with Crippen LogP contribution in [0, 0.1) is 0 Å². The van der Waals surface area contributed by atoms with Gasteiger partial charge in [0.2, 0.25) is 0 Å². The van der Waals surface area contributed by atoms with Gasteiger partial charge in [0.15, 0.2) is 0 Å². The van der Waals surface area contributed by atoms with Gasteiger partial charge in [-0.25, -0.2) is 0 Å². The molecule has 5 rings (SSSR count). The summed E-state index contributed by atoms with van der Waals surface area (Å²) in [5.74, 6) is 0. The fourth-order valence-corrected chi connectivity index (χ4v) is 9.57. The molecule has 0 N–H and O–H groups in total. The third kappa shape index (κ3) is 7.24. The van der Waals surface area contributed by atoms with Crippen molar-refractivity contribution in [2.45, 2.75) is 12.7 Å². The number of rotatable bonds is 11. The van der Waals surface area contributed by atoms with Crippen LogP contribution in [0.15, 0.2) is 152 Å². The second kappa shape index (κ2) is 13.5.